The van der Waals surface area contributed by atoms with Crippen LogP contribution in [-0.2, 0) is 20.8 Å². The first-order valence-electron chi connectivity index (χ1n) is 8.16. The number of hydrogen-bond donors (Lipinski definition) is 2. The van der Waals surface area contributed by atoms with E-state index in [0.717, 1.165) is 16.3 Å². The van der Waals surface area contributed by atoms with Crippen LogP contribution in [0.4, 0.5) is 0 Å². The molecule has 0 spiro atoms. The van der Waals surface area contributed by atoms with Crippen molar-refractivity contribution in [1.82, 2.24) is 10.2 Å². The molecule has 2 rings (SSSR count). The predicted molar refractivity (Wildman–Crippen MR) is 95.2 cm³/mol. The topological polar surface area (TPSA) is 86.7 Å². The van der Waals surface area contributed by atoms with Gasteiger partial charge in [-0.15, -0.1) is 0 Å². The summed E-state index contributed by atoms with van der Waals surface area (Å²) >= 11 is 0. The molecule has 0 aliphatic carbocycles. The number of carboxylic acids is 1. The summed E-state index contributed by atoms with van der Waals surface area (Å²) in [6.45, 7) is 0.261. The van der Waals surface area contributed by atoms with E-state index < -0.39 is 5.97 Å². The second-order valence-electron chi connectivity index (χ2n) is 5.90. The minimum Gasteiger partial charge on any atom is -0.481 e. The van der Waals surface area contributed by atoms with Crippen LogP contribution in [-0.4, -0.2) is 47.9 Å². The van der Waals surface area contributed by atoms with Crippen molar-refractivity contribution in [3.05, 3.63) is 48.0 Å². The summed E-state index contributed by atoms with van der Waals surface area (Å²) in [5, 5.41) is 13.3. The standard InChI is InChI=1S/C19H22N2O4/c1-21(11-5-10-19(24)25)18(23)13-20-17(22)12-15-8-4-7-14-6-2-3-9-16(14)15/h2-4,6-9H,5,10-13H2,1H3,(H,20,22)(H,24,25). The molecule has 0 saturated heterocycles. The molecule has 6 nitrogen and oxygen atoms in total. The van der Waals surface area contributed by atoms with Gasteiger partial charge in [-0.25, -0.2) is 0 Å². The second kappa shape index (κ2) is 8.82. The van der Waals surface area contributed by atoms with E-state index in [2.05, 4.69) is 5.32 Å². The van der Waals surface area contributed by atoms with Crippen molar-refractivity contribution in [2.45, 2.75) is 19.3 Å². The van der Waals surface area contributed by atoms with E-state index >= 15 is 0 Å². The summed E-state index contributed by atoms with van der Waals surface area (Å²) in [5.74, 6) is -1.34. The number of rotatable bonds is 8. The highest BCUT2D eigenvalue weighted by atomic mass is 16.4. The van der Waals surface area contributed by atoms with Crippen LogP contribution in [0.15, 0.2) is 42.5 Å². The van der Waals surface area contributed by atoms with Gasteiger partial charge in [0.05, 0.1) is 13.0 Å². The van der Waals surface area contributed by atoms with Crippen LogP contribution < -0.4 is 5.32 Å². The van der Waals surface area contributed by atoms with Gasteiger partial charge < -0.3 is 15.3 Å². The van der Waals surface area contributed by atoms with E-state index in [1.165, 1.54) is 4.90 Å². The molecular weight excluding hydrogens is 320 g/mol. The maximum absolute atomic E-state index is 12.1. The van der Waals surface area contributed by atoms with Gasteiger partial charge in [-0.05, 0) is 22.8 Å². The van der Waals surface area contributed by atoms with E-state index in [1.807, 2.05) is 42.5 Å². The van der Waals surface area contributed by atoms with Crippen molar-refractivity contribution in [1.29, 1.82) is 0 Å². The van der Waals surface area contributed by atoms with Crippen molar-refractivity contribution in [3.63, 3.8) is 0 Å². The first kappa shape index (κ1) is 18.4. The molecule has 2 aromatic carbocycles. The summed E-state index contributed by atoms with van der Waals surface area (Å²) in [7, 11) is 1.60. The quantitative estimate of drug-likeness (QED) is 0.766. The van der Waals surface area contributed by atoms with E-state index in [9.17, 15) is 14.4 Å². The van der Waals surface area contributed by atoms with Gasteiger partial charge in [-0.1, -0.05) is 42.5 Å². The zero-order valence-electron chi connectivity index (χ0n) is 14.2. The van der Waals surface area contributed by atoms with Crippen molar-refractivity contribution in [2.24, 2.45) is 0 Å². The smallest absolute Gasteiger partial charge is 0.303 e. The van der Waals surface area contributed by atoms with E-state index in [1.54, 1.807) is 7.05 Å². The zero-order valence-corrected chi connectivity index (χ0v) is 14.2. The number of nitrogens with one attached hydrogen (secondary N) is 1. The Morgan fingerprint density at radius 2 is 1.80 bits per heavy atom. The maximum atomic E-state index is 12.1. The first-order valence-corrected chi connectivity index (χ1v) is 8.16. The number of hydrogen-bond acceptors (Lipinski definition) is 3. The zero-order chi connectivity index (χ0) is 18.2. The molecule has 0 aliphatic rings. The molecule has 2 amide bonds. The first-order chi connectivity index (χ1) is 12.0. The van der Waals surface area contributed by atoms with Crippen molar-refractivity contribution >= 4 is 28.6 Å². The number of carboxylic acid groups (broad SMARTS) is 1. The van der Waals surface area contributed by atoms with Crippen molar-refractivity contribution < 1.29 is 19.5 Å². The van der Waals surface area contributed by atoms with Crippen LogP contribution >= 0.6 is 0 Å². The van der Waals surface area contributed by atoms with Gasteiger partial charge in [0.15, 0.2) is 0 Å². The third kappa shape index (κ3) is 5.60. The molecule has 2 aromatic rings. The molecule has 0 saturated carbocycles. The molecule has 25 heavy (non-hydrogen) atoms. The fourth-order valence-corrected chi connectivity index (χ4v) is 2.58. The molecule has 0 bridgehead atoms. The molecule has 0 atom stereocenters. The molecule has 0 unspecified atom stereocenters. The van der Waals surface area contributed by atoms with Gasteiger partial charge in [-0.2, -0.15) is 0 Å². The molecule has 0 fully saturated rings. The number of carbonyl (C=O) groups is 3. The average molecular weight is 342 g/mol. The van der Waals surface area contributed by atoms with Gasteiger partial charge in [0.25, 0.3) is 0 Å². The van der Waals surface area contributed by atoms with Gasteiger partial charge >= 0.3 is 5.97 Å². The summed E-state index contributed by atoms with van der Waals surface area (Å²) in [6.07, 6.45) is 0.615. The Morgan fingerprint density at radius 1 is 1.08 bits per heavy atom. The van der Waals surface area contributed by atoms with E-state index in [-0.39, 0.29) is 31.2 Å². The van der Waals surface area contributed by atoms with Crippen LogP contribution in [0.5, 0.6) is 0 Å². The maximum Gasteiger partial charge on any atom is 0.303 e. The molecule has 0 aliphatic heterocycles. The molecule has 2 N–H and O–H groups in total. The Kier molecular flexibility index (Phi) is 6.51. The highest BCUT2D eigenvalue weighted by Gasteiger charge is 2.12. The fraction of sp³-hybridized carbons (Fsp3) is 0.316. The van der Waals surface area contributed by atoms with Gasteiger partial charge in [0.1, 0.15) is 0 Å². The summed E-state index contributed by atoms with van der Waals surface area (Å²) in [6, 6.07) is 13.6. The summed E-state index contributed by atoms with van der Waals surface area (Å²) in [4.78, 5) is 36.0. The Labute approximate surface area is 146 Å². The predicted octanol–water partition coefficient (Wildman–Crippen LogP) is 1.82. The largest absolute Gasteiger partial charge is 0.481 e. The van der Waals surface area contributed by atoms with Gasteiger partial charge in [0, 0.05) is 20.0 Å². The molecule has 6 heteroatoms. The summed E-state index contributed by atoms with van der Waals surface area (Å²) in [5.41, 5.74) is 0.915. The van der Waals surface area contributed by atoms with Crippen LogP contribution in [0.25, 0.3) is 10.8 Å². The Hall–Kier alpha value is -2.89. The third-order valence-corrected chi connectivity index (χ3v) is 3.98. The highest BCUT2D eigenvalue weighted by Crippen LogP contribution is 2.18. The van der Waals surface area contributed by atoms with Crippen LogP contribution in [0.3, 0.4) is 0 Å². The lowest BCUT2D eigenvalue weighted by Gasteiger charge is -2.17. The number of nitrogens with zero attached hydrogens (tertiary/aromatic N) is 1. The minimum absolute atomic E-state index is 0.0189. The number of aliphatic carboxylic acids is 1. The lowest BCUT2D eigenvalue weighted by molar-refractivity contribution is -0.137. The number of benzene rings is 2. The van der Waals surface area contributed by atoms with Crippen molar-refractivity contribution in [2.75, 3.05) is 20.1 Å². The molecule has 0 heterocycles. The van der Waals surface area contributed by atoms with Crippen molar-refractivity contribution in [3.8, 4) is 0 Å². The van der Waals surface area contributed by atoms with Crippen LogP contribution in [0, 0.1) is 0 Å². The van der Waals surface area contributed by atoms with Crippen LogP contribution in [0.1, 0.15) is 18.4 Å². The Bertz CT molecular complexity index is 768. The van der Waals surface area contributed by atoms with Crippen LogP contribution in [0.2, 0.25) is 0 Å². The summed E-state index contributed by atoms with van der Waals surface area (Å²) < 4.78 is 0. The van der Waals surface area contributed by atoms with E-state index in [0.29, 0.717) is 13.0 Å². The number of carbonyl (C=O) groups excluding carboxylic acids is 2. The molecule has 0 aromatic heterocycles. The number of amides is 2. The van der Waals surface area contributed by atoms with Gasteiger partial charge in [0.2, 0.25) is 11.8 Å². The lowest BCUT2D eigenvalue weighted by Crippen LogP contribution is -2.39. The molecular formula is C19H22N2O4. The van der Waals surface area contributed by atoms with Gasteiger partial charge in [-0.3, -0.25) is 14.4 Å². The number of fused-ring (bicyclic) bond motifs is 1. The average Bonchev–Trinajstić information content (AvgIpc) is 2.59. The fourth-order valence-electron chi connectivity index (χ4n) is 2.58. The normalized spacial score (nSPS) is 10.4. The van der Waals surface area contributed by atoms with E-state index in [4.69, 9.17) is 5.11 Å². The Morgan fingerprint density at radius 3 is 2.56 bits per heavy atom. The third-order valence-electron chi connectivity index (χ3n) is 3.98. The monoisotopic (exact) mass is 342 g/mol. The molecule has 0 radical (unpaired) electrons. The SMILES string of the molecule is CN(CCCC(=O)O)C(=O)CNC(=O)Cc1cccc2ccccc12. The number of likely N-dealkylation sites (N-methyl/N-ethyl adjacent to an activating group) is 1. The Balaban J connectivity index is 1.84. The second-order valence-corrected chi connectivity index (χ2v) is 5.90. The molecule has 132 valence electrons. The lowest BCUT2D eigenvalue weighted by atomic mass is 10.0. The minimum atomic E-state index is -0.885. The highest BCUT2D eigenvalue weighted by molar-refractivity contribution is 5.91.